The summed E-state index contributed by atoms with van der Waals surface area (Å²) in [5, 5.41) is 0. The minimum atomic E-state index is -0.784. The lowest BCUT2D eigenvalue weighted by molar-refractivity contribution is -0.167. The van der Waals surface area contributed by atoms with Crippen LogP contribution >= 0.6 is 0 Å². The van der Waals surface area contributed by atoms with E-state index in [1.54, 1.807) is 0 Å². The molecule has 0 aliphatic rings. The van der Waals surface area contributed by atoms with Gasteiger partial charge in [0.25, 0.3) is 0 Å². The van der Waals surface area contributed by atoms with E-state index in [-0.39, 0.29) is 31.1 Å². The van der Waals surface area contributed by atoms with Crippen molar-refractivity contribution in [3.8, 4) is 0 Å². The van der Waals surface area contributed by atoms with Crippen molar-refractivity contribution in [3.05, 3.63) is 60.8 Å². The van der Waals surface area contributed by atoms with Crippen molar-refractivity contribution in [2.75, 3.05) is 13.2 Å². The van der Waals surface area contributed by atoms with Crippen molar-refractivity contribution in [2.45, 2.75) is 271 Å². The molecule has 0 heterocycles. The summed E-state index contributed by atoms with van der Waals surface area (Å²) in [4.78, 5) is 38.0. The summed E-state index contributed by atoms with van der Waals surface area (Å²) in [5.41, 5.74) is 0. The van der Waals surface area contributed by atoms with Gasteiger partial charge in [-0.2, -0.15) is 0 Å². The number of esters is 3. The summed E-state index contributed by atoms with van der Waals surface area (Å²) in [5.74, 6) is -0.907. The first kappa shape index (κ1) is 60.1. The maximum atomic E-state index is 12.8. The summed E-state index contributed by atoms with van der Waals surface area (Å²) in [6, 6.07) is 0. The Hall–Kier alpha value is -2.89. The standard InChI is InChI=1S/C57H100O6/c1-4-7-10-13-16-19-22-24-26-28-30-32-35-37-40-43-46-49-55(58)61-52-54(63-57(60)51-48-45-42-39-34-21-18-15-12-9-6-3)53-62-56(59)50-47-44-41-38-36-33-31-29-27-25-23-20-17-14-11-8-5-2/h16-17,19-20,24-27,30,32,54H,4-15,18,21-23,28-29,31,33-53H2,1-3H3/b19-16-,20-17-,26-24-,27-25-,32-30-/t54-/m1/s1. The Labute approximate surface area is 390 Å². The van der Waals surface area contributed by atoms with Crippen LogP contribution in [0.4, 0.5) is 0 Å². The van der Waals surface area contributed by atoms with Gasteiger partial charge in [-0.25, -0.2) is 0 Å². The molecule has 0 aromatic rings. The Kier molecular flexibility index (Phi) is 49.4. The van der Waals surface area contributed by atoms with E-state index < -0.39 is 6.10 Å². The van der Waals surface area contributed by atoms with Crippen LogP contribution in [0.2, 0.25) is 0 Å². The second kappa shape index (κ2) is 51.7. The highest BCUT2D eigenvalue weighted by atomic mass is 16.6. The quantitative estimate of drug-likeness (QED) is 0.0262. The number of rotatable bonds is 48. The second-order valence-corrected chi connectivity index (χ2v) is 17.8. The Morgan fingerprint density at radius 1 is 0.317 bits per heavy atom. The molecule has 364 valence electrons. The molecule has 0 bridgehead atoms. The van der Waals surface area contributed by atoms with Gasteiger partial charge in [0.05, 0.1) is 0 Å². The molecular formula is C57H100O6. The van der Waals surface area contributed by atoms with Crippen molar-refractivity contribution in [2.24, 2.45) is 0 Å². The van der Waals surface area contributed by atoms with Gasteiger partial charge in [0.2, 0.25) is 0 Å². The zero-order chi connectivity index (χ0) is 45.8. The summed E-state index contributed by atoms with van der Waals surface area (Å²) < 4.78 is 16.8. The van der Waals surface area contributed by atoms with Gasteiger partial charge in [-0.3, -0.25) is 14.4 Å². The first-order valence-electron chi connectivity index (χ1n) is 26.8. The van der Waals surface area contributed by atoms with Gasteiger partial charge in [0, 0.05) is 19.3 Å². The molecule has 6 nitrogen and oxygen atoms in total. The van der Waals surface area contributed by atoms with Crippen LogP contribution in [0, 0.1) is 0 Å². The average molecular weight is 881 g/mol. The number of carbonyl (C=O) groups is 3. The molecule has 6 heteroatoms. The first-order valence-corrected chi connectivity index (χ1v) is 26.8. The van der Waals surface area contributed by atoms with Crippen molar-refractivity contribution >= 4 is 17.9 Å². The largest absolute Gasteiger partial charge is 0.462 e. The molecular weight excluding hydrogens is 781 g/mol. The molecule has 0 aliphatic heterocycles. The van der Waals surface area contributed by atoms with Crippen LogP contribution in [0.15, 0.2) is 60.8 Å². The summed E-state index contributed by atoms with van der Waals surface area (Å²) in [7, 11) is 0. The van der Waals surface area contributed by atoms with Gasteiger partial charge in [-0.15, -0.1) is 0 Å². The van der Waals surface area contributed by atoms with E-state index in [0.29, 0.717) is 19.3 Å². The van der Waals surface area contributed by atoms with E-state index in [2.05, 4.69) is 81.5 Å². The molecule has 0 N–H and O–H groups in total. The van der Waals surface area contributed by atoms with Crippen LogP contribution in [-0.4, -0.2) is 37.2 Å². The summed E-state index contributed by atoms with van der Waals surface area (Å²) >= 11 is 0. The molecule has 0 rings (SSSR count). The van der Waals surface area contributed by atoms with Gasteiger partial charge in [0.15, 0.2) is 6.10 Å². The Bertz CT molecular complexity index is 1150. The molecule has 1 atom stereocenters. The van der Waals surface area contributed by atoms with Crippen LogP contribution in [0.5, 0.6) is 0 Å². The molecule has 0 aromatic carbocycles. The minimum absolute atomic E-state index is 0.0840. The number of carbonyl (C=O) groups excluding carboxylic acids is 3. The molecule has 0 aliphatic carbocycles. The van der Waals surface area contributed by atoms with Crippen LogP contribution in [0.3, 0.4) is 0 Å². The smallest absolute Gasteiger partial charge is 0.306 e. The molecule has 0 fully saturated rings. The lowest BCUT2D eigenvalue weighted by Gasteiger charge is -2.18. The number of hydrogen-bond donors (Lipinski definition) is 0. The van der Waals surface area contributed by atoms with E-state index in [0.717, 1.165) is 96.3 Å². The molecule has 63 heavy (non-hydrogen) atoms. The lowest BCUT2D eigenvalue weighted by Crippen LogP contribution is -2.30. The highest BCUT2D eigenvalue weighted by Gasteiger charge is 2.19. The van der Waals surface area contributed by atoms with Gasteiger partial charge in [-0.05, 0) is 89.9 Å². The van der Waals surface area contributed by atoms with Crippen molar-refractivity contribution in [1.82, 2.24) is 0 Å². The van der Waals surface area contributed by atoms with Gasteiger partial charge >= 0.3 is 17.9 Å². The highest BCUT2D eigenvalue weighted by molar-refractivity contribution is 5.71. The molecule has 0 saturated carbocycles. The minimum Gasteiger partial charge on any atom is -0.462 e. The van der Waals surface area contributed by atoms with E-state index >= 15 is 0 Å². The fourth-order valence-corrected chi connectivity index (χ4v) is 7.42. The van der Waals surface area contributed by atoms with Crippen LogP contribution in [0.1, 0.15) is 265 Å². The molecule has 0 unspecified atom stereocenters. The number of ether oxygens (including phenoxy) is 3. The fraction of sp³-hybridized carbons (Fsp3) is 0.772. The fourth-order valence-electron chi connectivity index (χ4n) is 7.42. The average Bonchev–Trinajstić information content (AvgIpc) is 3.28. The topological polar surface area (TPSA) is 78.9 Å². The molecule has 0 saturated heterocycles. The summed E-state index contributed by atoms with van der Waals surface area (Å²) in [6.45, 7) is 6.56. The molecule has 0 radical (unpaired) electrons. The third-order valence-electron chi connectivity index (χ3n) is 11.5. The summed E-state index contributed by atoms with van der Waals surface area (Å²) in [6.07, 6.45) is 63.4. The number of unbranched alkanes of at least 4 members (excludes halogenated alkanes) is 27. The van der Waals surface area contributed by atoms with Gasteiger partial charge in [0.1, 0.15) is 13.2 Å². The lowest BCUT2D eigenvalue weighted by atomic mass is 10.1. The van der Waals surface area contributed by atoms with E-state index in [1.165, 1.54) is 128 Å². The van der Waals surface area contributed by atoms with E-state index in [4.69, 9.17) is 14.2 Å². The zero-order valence-electron chi connectivity index (χ0n) is 41.6. The second-order valence-electron chi connectivity index (χ2n) is 17.8. The Balaban J connectivity index is 4.38. The van der Waals surface area contributed by atoms with Crippen molar-refractivity contribution < 1.29 is 28.6 Å². The zero-order valence-corrected chi connectivity index (χ0v) is 41.6. The highest BCUT2D eigenvalue weighted by Crippen LogP contribution is 2.15. The Morgan fingerprint density at radius 2 is 0.571 bits per heavy atom. The monoisotopic (exact) mass is 881 g/mol. The van der Waals surface area contributed by atoms with E-state index in [9.17, 15) is 14.4 Å². The van der Waals surface area contributed by atoms with Gasteiger partial charge in [-0.1, -0.05) is 216 Å². The van der Waals surface area contributed by atoms with Gasteiger partial charge < -0.3 is 14.2 Å². The SMILES string of the molecule is CCCCC/C=C\C/C=C\C/C=C\CCCCCCC(=O)OC[C@H](COC(=O)CCCCCCCCC/C=C\C/C=C\CCCCC)OC(=O)CCCCCCCCCCCCC. The predicted molar refractivity (Wildman–Crippen MR) is 270 cm³/mol. The number of allylic oxidation sites excluding steroid dienone is 10. The first-order chi connectivity index (χ1) is 31.0. The predicted octanol–water partition coefficient (Wildman–Crippen LogP) is 17.6. The molecule has 0 amide bonds. The molecule has 0 aromatic heterocycles. The number of hydrogen-bond acceptors (Lipinski definition) is 6. The normalized spacial score (nSPS) is 12.5. The van der Waals surface area contributed by atoms with Crippen LogP contribution in [-0.2, 0) is 28.6 Å². The third kappa shape index (κ3) is 50.0. The van der Waals surface area contributed by atoms with Crippen LogP contribution < -0.4 is 0 Å². The van der Waals surface area contributed by atoms with Crippen molar-refractivity contribution in [1.29, 1.82) is 0 Å². The molecule has 0 spiro atoms. The van der Waals surface area contributed by atoms with E-state index in [1.807, 2.05) is 0 Å². The van der Waals surface area contributed by atoms with Crippen LogP contribution in [0.25, 0.3) is 0 Å². The van der Waals surface area contributed by atoms with Crippen molar-refractivity contribution in [3.63, 3.8) is 0 Å². The maximum Gasteiger partial charge on any atom is 0.306 e. The Morgan fingerprint density at radius 3 is 0.921 bits per heavy atom. The third-order valence-corrected chi connectivity index (χ3v) is 11.5. The maximum absolute atomic E-state index is 12.8.